The molecule has 5 N–H and O–H groups in total. The molecule has 0 aromatic carbocycles. The van der Waals surface area contributed by atoms with Crippen LogP contribution in [0.15, 0.2) is 0 Å². The molecule has 0 amide bonds. The van der Waals surface area contributed by atoms with Crippen LogP contribution in [0.2, 0.25) is 0 Å². The molecule has 0 aliphatic rings. The molecule has 80 valence electrons. The molecule has 0 rings (SSSR count). The third-order valence-electron chi connectivity index (χ3n) is 0.419. The maximum atomic E-state index is 10.5. The van der Waals surface area contributed by atoms with Gasteiger partial charge in [-0.05, 0) is 0 Å². The molecule has 0 unspecified atom stereocenters. The quantitative estimate of drug-likeness (QED) is 0.277. The molecule has 0 bridgehead atoms. The molecular formula is H5Nb3O10. The molecule has 0 aromatic heterocycles. The first-order valence-corrected chi connectivity index (χ1v) is 13.5. The molecule has 10 nitrogen and oxygen atoms in total. The molecule has 0 saturated heterocycles. The van der Waals surface area contributed by atoms with E-state index in [1.54, 1.807) is 0 Å². The van der Waals surface area contributed by atoms with Crippen LogP contribution in [-0.2, 0) is 68.1 Å². The van der Waals surface area contributed by atoms with Crippen LogP contribution in [0.3, 0.4) is 0 Å². The van der Waals surface area contributed by atoms with E-state index in [2.05, 4.69) is 3.51 Å². The topological polar surface area (TPSA) is 171 Å². The summed E-state index contributed by atoms with van der Waals surface area (Å²) in [6.07, 6.45) is 0. The molecule has 0 heterocycles. The predicted octanol–water partition coefficient (Wildman–Crippen LogP) is -3.29. The third kappa shape index (κ3) is 9.64. The fourth-order valence-electron chi connectivity index (χ4n) is 0.284. The van der Waals surface area contributed by atoms with Crippen LogP contribution < -0.4 is 0 Å². The number of hydrogen-bond acceptors (Lipinski definition) is 5. The minimum atomic E-state index is -6.31. The van der Waals surface area contributed by atoms with Gasteiger partial charge in [-0.1, -0.05) is 0 Å². The Balaban J connectivity index is 4.54. The number of hydrogen-bond donors (Lipinski definition) is 5. The summed E-state index contributed by atoms with van der Waals surface area (Å²) in [5.41, 5.74) is 0. The zero-order valence-electron chi connectivity index (χ0n) is 5.62. The van der Waals surface area contributed by atoms with Crippen LogP contribution >= 0.6 is 0 Å². The third-order valence-corrected chi connectivity index (χ3v) is 14.7. The van der Waals surface area contributed by atoms with Crippen LogP contribution in [-0.4, -0.2) is 18.1 Å². The fourth-order valence-corrected chi connectivity index (χ4v) is 12.5. The first-order chi connectivity index (χ1) is 5.41. The Hall–Kier alpha value is 1.34. The molecule has 0 spiro atoms. The zero-order valence-corrected chi connectivity index (χ0v) is 12.2. The average molecular weight is 444 g/mol. The van der Waals surface area contributed by atoms with Crippen molar-refractivity contribution in [1.82, 2.24) is 0 Å². The van der Waals surface area contributed by atoms with E-state index in [0.717, 1.165) is 0 Å². The van der Waals surface area contributed by atoms with E-state index in [0.29, 0.717) is 0 Å². The van der Waals surface area contributed by atoms with Gasteiger partial charge in [0.15, 0.2) is 0 Å². The van der Waals surface area contributed by atoms with Crippen molar-refractivity contribution < 1.29 is 86.2 Å². The summed E-state index contributed by atoms with van der Waals surface area (Å²) < 4.78 is 78.0. The van der Waals surface area contributed by atoms with Gasteiger partial charge in [-0.3, -0.25) is 0 Å². The van der Waals surface area contributed by atoms with Gasteiger partial charge >= 0.3 is 86.2 Å². The van der Waals surface area contributed by atoms with Crippen molar-refractivity contribution in [1.29, 1.82) is 0 Å². The Morgan fingerprint density at radius 3 is 1.08 bits per heavy atom. The van der Waals surface area contributed by atoms with Gasteiger partial charge in [0.1, 0.15) is 0 Å². The van der Waals surface area contributed by atoms with Crippen molar-refractivity contribution in [2.45, 2.75) is 0 Å². The standard InChI is InChI=1S/3Nb.5H2O.5O/h;;;5*1H2;;;;;/q+1;2*+2;;;;;;;;;;/p-5. The second-order valence-corrected chi connectivity index (χ2v) is 14.3. The Morgan fingerprint density at radius 2 is 0.923 bits per heavy atom. The summed E-state index contributed by atoms with van der Waals surface area (Å²) in [6.45, 7) is 0. The summed E-state index contributed by atoms with van der Waals surface area (Å²) in [7, 11) is 0. The van der Waals surface area contributed by atoms with Crippen LogP contribution in [0.5, 0.6) is 0 Å². The van der Waals surface area contributed by atoms with Gasteiger partial charge in [-0.25, -0.2) is 0 Å². The van der Waals surface area contributed by atoms with E-state index in [4.69, 9.17) is 18.1 Å². The molecule has 0 radical (unpaired) electrons. The van der Waals surface area contributed by atoms with E-state index >= 15 is 0 Å². The Bertz CT molecular complexity index is 272. The Labute approximate surface area is 85.4 Å². The minimum absolute atomic E-state index is 3.26. The summed E-state index contributed by atoms with van der Waals surface area (Å²) in [4.78, 5) is 0. The monoisotopic (exact) mass is 444 g/mol. The Kier molecular flexibility index (Phi) is 4.92. The van der Waals surface area contributed by atoms with Gasteiger partial charge in [0.25, 0.3) is 0 Å². The van der Waals surface area contributed by atoms with E-state index < -0.39 is 54.9 Å². The molecule has 0 aromatic rings. The van der Waals surface area contributed by atoms with Crippen LogP contribution in [0, 0.1) is 0 Å². The van der Waals surface area contributed by atoms with Crippen molar-refractivity contribution >= 4 is 0 Å². The van der Waals surface area contributed by atoms with Gasteiger partial charge < -0.3 is 0 Å². The van der Waals surface area contributed by atoms with Crippen molar-refractivity contribution in [3.63, 3.8) is 0 Å². The van der Waals surface area contributed by atoms with Gasteiger partial charge in [-0.2, -0.15) is 0 Å². The maximum absolute atomic E-state index is 10.5. The molecule has 13 heavy (non-hydrogen) atoms. The predicted molar refractivity (Wildman–Crippen MR) is 15.3 cm³/mol. The summed E-state index contributed by atoms with van der Waals surface area (Å²) >= 11 is -18.6. The summed E-state index contributed by atoms with van der Waals surface area (Å²) in [6, 6.07) is 0. The summed E-state index contributed by atoms with van der Waals surface area (Å²) in [5, 5.41) is 0. The zero-order chi connectivity index (χ0) is 10.9. The van der Waals surface area contributed by atoms with Gasteiger partial charge in [0.2, 0.25) is 0 Å². The van der Waals surface area contributed by atoms with Gasteiger partial charge in [0, 0.05) is 0 Å². The first-order valence-electron chi connectivity index (χ1n) is 2.28. The van der Waals surface area contributed by atoms with Crippen LogP contribution in [0.25, 0.3) is 0 Å². The Morgan fingerprint density at radius 1 is 0.692 bits per heavy atom. The molecule has 0 atom stereocenters. The second-order valence-electron chi connectivity index (χ2n) is 1.61. The van der Waals surface area contributed by atoms with Crippen molar-refractivity contribution in [3.05, 3.63) is 0 Å². The molecule has 13 heteroatoms. The SMILES string of the molecule is [O]=[Nb]([OH])([OH])[O][Nb](=[O])([OH])[O][Nb](=[O])([OH])[OH]. The van der Waals surface area contributed by atoms with Crippen molar-refractivity contribution in [2.24, 2.45) is 0 Å². The molecule has 0 fully saturated rings. The average Bonchev–Trinajstić information content (AvgIpc) is 1.43. The molecular weight excluding hydrogens is 439 g/mol. The number of rotatable bonds is 4. The van der Waals surface area contributed by atoms with E-state index in [1.165, 1.54) is 0 Å². The van der Waals surface area contributed by atoms with Crippen molar-refractivity contribution in [3.8, 4) is 0 Å². The fraction of sp³-hybridized carbons (Fsp3) is 0. The van der Waals surface area contributed by atoms with E-state index in [1.807, 2.05) is 0 Å². The normalized spacial score (nSPS) is 14.5. The van der Waals surface area contributed by atoms with E-state index in [-0.39, 0.29) is 0 Å². The van der Waals surface area contributed by atoms with Crippen LogP contribution in [0.1, 0.15) is 0 Å². The molecule has 0 saturated carbocycles. The van der Waals surface area contributed by atoms with Crippen molar-refractivity contribution in [2.75, 3.05) is 0 Å². The second kappa shape index (κ2) is 4.46. The van der Waals surface area contributed by atoms with E-state index in [9.17, 15) is 9.75 Å². The van der Waals surface area contributed by atoms with Gasteiger partial charge in [0.05, 0.1) is 0 Å². The first kappa shape index (κ1) is 14.3. The van der Waals surface area contributed by atoms with Gasteiger partial charge in [-0.15, -0.1) is 0 Å². The molecule has 0 aliphatic carbocycles. The summed E-state index contributed by atoms with van der Waals surface area (Å²) in [5.74, 6) is 0. The molecule has 0 aliphatic heterocycles. The van der Waals surface area contributed by atoms with Crippen LogP contribution in [0.4, 0.5) is 0 Å².